The molecule has 0 fully saturated rings. The lowest BCUT2D eigenvalue weighted by atomic mass is 10.2. The lowest BCUT2D eigenvalue weighted by Crippen LogP contribution is -2.05. The molecule has 1 aromatic heterocycles. The van der Waals surface area contributed by atoms with Crippen molar-refractivity contribution in [3.8, 4) is 0 Å². The fraction of sp³-hybridized carbons (Fsp3) is 0.364. The van der Waals surface area contributed by atoms with E-state index in [1.54, 1.807) is 12.1 Å². The molecule has 0 aliphatic heterocycles. The minimum Gasteiger partial charge on any atom is -0.264 e. The number of rotatable bonds is 2. The molecule has 80 valence electrons. The van der Waals surface area contributed by atoms with Crippen molar-refractivity contribution in [1.29, 1.82) is 0 Å². The molecule has 15 heavy (non-hydrogen) atoms. The zero-order valence-electron chi connectivity index (χ0n) is 8.67. The first-order valence-corrected chi connectivity index (χ1v) is 5.97. The number of benzene rings is 1. The summed E-state index contributed by atoms with van der Waals surface area (Å²) in [6, 6.07) is 4.82. The molecular formula is C11H12FIN2. The van der Waals surface area contributed by atoms with E-state index in [2.05, 4.69) is 41.5 Å². The highest BCUT2D eigenvalue weighted by atomic mass is 127. The molecule has 0 aliphatic rings. The first-order valence-electron chi connectivity index (χ1n) is 4.89. The van der Waals surface area contributed by atoms with Crippen LogP contribution in [0.15, 0.2) is 18.2 Å². The summed E-state index contributed by atoms with van der Waals surface area (Å²) in [5, 5.41) is 5.31. The number of hydrogen-bond donors (Lipinski definition) is 0. The molecule has 1 heterocycles. The Hall–Kier alpha value is -0.650. The summed E-state index contributed by atoms with van der Waals surface area (Å²) in [7, 11) is 0. The second kappa shape index (κ2) is 4.08. The van der Waals surface area contributed by atoms with E-state index in [0.717, 1.165) is 21.1 Å². The predicted octanol–water partition coefficient (Wildman–Crippen LogP) is 3.44. The van der Waals surface area contributed by atoms with Gasteiger partial charge in [-0.25, -0.2) is 4.39 Å². The van der Waals surface area contributed by atoms with Gasteiger partial charge in [0.25, 0.3) is 0 Å². The van der Waals surface area contributed by atoms with E-state index in [-0.39, 0.29) is 5.82 Å². The van der Waals surface area contributed by atoms with Crippen LogP contribution in [-0.4, -0.2) is 9.78 Å². The van der Waals surface area contributed by atoms with Crippen molar-refractivity contribution in [1.82, 2.24) is 9.78 Å². The lowest BCUT2D eigenvalue weighted by molar-refractivity contribution is 0.493. The van der Waals surface area contributed by atoms with Gasteiger partial charge in [0.1, 0.15) is 9.52 Å². The van der Waals surface area contributed by atoms with Gasteiger partial charge >= 0.3 is 0 Å². The maximum absolute atomic E-state index is 13.0. The molecule has 0 saturated heterocycles. The van der Waals surface area contributed by atoms with Gasteiger partial charge in [-0.2, -0.15) is 5.10 Å². The summed E-state index contributed by atoms with van der Waals surface area (Å²) in [5.41, 5.74) is 1.01. The van der Waals surface area contributed by atoms with E-state index < -0.39 is 0 Å². The maximum atomic E-state index is 13.0. The Morgan fingerprint density at radius 1 is 1.47 bits per heavy atom. The second-order valence-corrected chi connectivity index (χ2v) is 5.05. The molecule has 0 bridgehead atoms. The second-order valence-electron chi connectivity index (χ2n) is 4.03. The van der Waals surface area contributed by atoms with Crippen molar-refractivity contribution in [2.45, 2.75) is 20.4 Å². The van der Waals surface area contributed by atoms with Gasteiger partial charge < -0.3 is 0 Å². The van der Waals surface area contributed by atoms with Crippen LogP contribution in [0.4, 0.5) is 4.39 Å². The van der Waals surface area contributed by atoms with Crippen LogP contribution in [0, 0.1) is 15.4 Å². The maximum Gasteiger partial charge on any atom is 0.131 e. The van der Waals surface area contributed by atoms with Crippen LogP contribution >= 0.6 is 22.6 Å². The number of nitrogens with zero attached hydrogens (tertiary/aromatic N) is 2. The number of halogens is 2. The molecular weight excluding hydrogens is 306 g/mol. The fourth-order valence-electron chi connectivity index (χ4n) is 1.60. The van der Waals surface area contributed by atoms with Crippen LogP contribution < -0.4 is 0 Å². The summed E-state index contributed by atoms with van der Waals surface area (Å²) in [6.07, 6.45) is 0. The Bertz CT molecular complexity index is 491. The monoisotopic (exact) mass is 318 g/mol. The summed E-state index contributed by atoms with van der Waals surface area (Å²) >= 11 is 2.14. The fourth-order valence-corrected chi connectivity index (χ4v) is 2.29. The Balaban J connectivity index is 2.57. The van der Waals surface area contributed by atoms with Gasteiger partial charge in [0.15, 0.2) is 0 Å². The van der Waals surface area contributed by atoms with Gasteiger partial charge in [0.05, 0.1) is 5.52 Å². The predicted molar refractivity (Wildman–Crippen MR) is 67.2 cm³/mol. The highest BCUT2D eigenvalue weighted by Crippen LogP contribution is 2.21. The van der Waals surface area contributed by atoms with E-state index in [1.165, 1.54) is 6.07 Å². The topological polar surface area (TPSA) is 17.8 Å². The minimum atomic E-state index is -0.204. The van der Waals surface area contributed by atoms with Gasteiger partial charge in [0, 0.05) is 11.9 Å². The average molecular weight is 318 g/mol. The third kappa shape index (κ3) is 2.14. The molecule has 0 unspecified atom stereocenters. The molecule has 4 heteroatoms. The van der Waals surface area contributed by atoms with E-state index >= 15 is 0 Å². The molecule has 1 aromatic carbocycles. The molecule has 2 nitrogen and oxygen atoms in total. The van der Waals surface area contributed by atoms with Gasteiger partial charge in [-0.15, -0.1) is 0 Å². The quantitative estimate of drug-likeness (QED) is 0.776. The van der Waals surface area contributed by atoms with E-state index in [1.807, 2.05) is 4.68 Å². The van der Waals surface area contributed by atoms with Gasteiger partial charge in [-0.05, 0) is 46.7 Å². The van der Waals surface area contributed by atoms with Crippen molar-refractivity contribution >= 4 is 33.5 Å². The van der Waals surface area contributed by atoms with Crippen molar-refractivity contribution in [2.75, 3.05) is 0 Å². The van der Waals surface area contributed by atoms with Crippen LogP contribution in [0.5, 0.6) is 0 Å². The van der Waals surface area contributed by atoms with Gasteiger partial charge in [-0.3, -0.25) is 4.68 Å². The molecule has 0 aliphatic carbocycles. The summed E-state index contributed by atoms with van der Waals surface area (Å²) < 4.78 is 15.9. The van der Waals surface area contributed by atoms with E-state index in [4.69, 9.17) is 0 Å². The Labute approximate surface area is 102 Å². The van der Waals surface area contributed by atoms with Crippen LogP contribution in [0.3, 0.4) is 0 Å². The van der Waals surface area contributed by atoms with Crippen molar-refractivity contribution < 1.29 is 4.39 Å². The third-order valence-corrected chi connectivity index (χ3v) is 3.00. The summed E-state index contributed by atoms with van der Waals surface area (Å²) in [4.78, 5) is 0. The lowest BCUT2D eigenvalue weighted by Gasteiger charge is -2.05. The SMILES string of the molecule is CC(C)Cn1nc(I)c2cc(F)ccc21. The smallest absolute Gasteiger partial charge is 0.131 e. The van der Waals surface area contributed by atoms with E-state index in [9.17, 15) is 4.39 Å². The molecule has 0 amide bonds. The van der Waals surface area contributed by atoms with Crippen LogP contribution in [0.1, 0.15) is 13.8 Å². The molecule has 2 rings (SSSR count). The standard InChI is InChI=1S/C11H12FIN2/c1-7(2)6-15-10-4-3-8(12)5-9(10)11(13)14-15/h3-5,7H,6H2,1-2H3. The van der Waals surface area contributed by atoms with Crippen LogP contribution in [-0.2, 0) is 6.54 Å². The normalized spacial score (nSPS) is 11.5. The average Bonchev–Trinajstić information content (AvgIpc) is 2.42. The Morgan fingerprint density at radius 2 is 2.20 bits per heavy atom. The molecule has 0 spiro atoms. The largest absolute Gasteiger partial charge is 0.264 e. The Morgan fingerprint density at radius 3 is 2.87 bits per heavy atom. The zero-order valence-corrected chi connectivity index (χ0v) is 10.8. The van der Waals surface area contributed by atoms with Crippen molar-refractivity contribution in [3.63, 3.8) is 0 Å². The van der Waals surface area contributed by atoms with Crippen molar-refractivity contribution in [2.24, 2.45) is 5.92 Å². The molecule has 0 saturated carbocycles. The number of aromatic nitrogens is 2. The summed E-state index contributed by atoms with van der Waals surface area (Å²) in [6.45, 7) is 5.15. The Kier molecular flexibility index (Phi) is 2.95. The van der Waals surface area contributed by atoms with Crippen molar-refractivity contribution in [3.05, 3.63) is 27.7 Å². The van der Waals surface area contributed by atoms with Gasteiger partial charge in [0.2, 0.25) is 0 Å². The molecule has 0 radical (unpaired) electrons. The highest BCUT2D eigenvalue weighted by Gasteiger charge is 2.09. The van der Waals surface area contributed by atoms with Gasteiger partial charge in [-0.1, -0.05) is 13.8 Å². The molecule has 0 atom stereocenters. The molecule has 2 aromatic rings. The first kappa shape index (κ1) is 10.9. The zero-order chi connectivity index (χ0) is 11.0. The number of fused-ring (bicyclic) bond motifs is 1. The molecule has 0 N–H and O–H groups in total. The van der Waals surface area contributed by atoms with Crippen LogP contribution in [0.2, 0.25) is 0 Å². The van der Waals surface area contributed by atoms with E-state index in [0.29, 0.717) is 5.92 Å². The third-order valence-electron chi connectivity index (χ3n) is 2.21. The summed E-state index contributed by atoms with van der Waals surface area (Å²) in [5.74, 6) is 0.332. The minimum absolute atomic E-state index is 0.204. The van der Waals surface area contributed by atoms with Crippen LogP contribution in [0.25, 0.3) is 10.9 Å². The number of hydrogen-bond acceptors (Lipinski definition) is 1. The highest BCUT2D eigenvalue weighted by molar-refractivity contribution is 14.1. The first-order chi connectivity index (χ1) is 7.08.